The van der Waals surface area contributed by atoms with Crippen LogP contribution < -0.4 is 5.32 Å². The molecule has 0 atom stereocenters. The first-order chi connectivity index (χ1) is 13.2. The van der Waals surface area contributed by atoms with Crippen molar-refractivity contribution in [3.05, 3.63) is 58.6 Å². The number of ketones is 1. The van der Waals surface area contributed by atoms with E-state index in [1.807, 2.05) is 0 Å². The molecule has 2 aromatic carbocycles. The maximum absolute atomic E-state index is 12.1. The lowest BCUT2D eigenvalue weighted by molar-refractivity contribution is -0.125. The van der Waals surface area contributed by atoms with Gasteiger partial charge in [0.05, 0.1) is 10.0 Å². The average Bonchev–Trinajstić information content (AvgIpc) is 3.11. The molecule has 5 nitrogen and oxygen atoms in total. The van der Waals surface area contributed by atoms with E-state index >= 15 is 0 Å². The lowest BCUT2D eigenvalue weighted by Crippen LogP contribution is -2.38. The molecule has 0 aliphatic rings. The first-order valence-corrected chi connectivity index (χ1v) is 9.43. The molecule has 9 heteroatoms. The summed E-state index contributed by atoms with van der Waals surface area (Å²) in [7, 11) is 0. The van der Waals surface area contributed by atoms with Crippen molar-refractivity contribution in [3.8, 4) is 22.6 Å². The third-order valence-corrected chi connectivity index (χ3v) is 5.37. The molecule has 0 saturated heterocycles. The summed E-state index contributed by atoms with van der Waals surface area (Å²) in [5.41, 5.74) is 2.03. The monoisotopic (exact) mass is 456 g/mol. The van der Waals surface area contributed by atoms with Crippen molar-refractivity contribution in [1.82, 2.24) is 5.16 Å². The van der Waals surface area contributed by atoms with Crippen LogP contribution in [0.25, 0.3) is 22.6 Å². The van der Waals surface area contributed by atoms with Crippen LogP contribution in [0.3, 0.4) is 0 Å². The van der Waals surface area contributed by atoms with Gasteiger partial charge in [-0.1, -0.05) is 69.8 Å². The van der Waals surface area contributed by atoms with Gasteiger partial charge in [-0.25, -0.2) is 0 Å². The smallest absolute Gasteiger partial charge is 0.268 e. The van der Waals surface area contributed by atoms with E-state index in [4.69, 9.17) is 50.9 Å². The number of anilines is 1. The van der Waals surface area contributed by atoms with Gasteiger partial charge in [0, 0.05) is 22.9 Å². The second-order valence-corrected chi connectivity index (χ2v) is 7.98. The van der Waals surface area contributed by atoms with Crippen LogP contribution in [0.2, 0.25) is 10.0 Å². The molecule has 0 aliphatic heterocycles. The Balaban J connectivity index is 1.89. The van der Waals surface area contributed by atoms with Gasteiger partial charge < -0.3 is 9.84 Å². The molecule has 0 spiro atoms. The minimum Gasteiger partial charge on any atom is -0.356 e. The van der Waals surface area contributed by atoms with Gasteiger partial charge in [0.15, 0.2) is 11.5 Å². The Bertz CT molecular complexity index is 1040. The highest BCUT2D eigenvalue weighted by Gasteiger charge is 2.39. The number of benzene rings is 2. The summed E-state index contributed by atoms with van der Waals surface area (Å²) in [6.07, 6.45) is 0. The van der Waals surface area contributed by atoms with Gasteiger partial charge in [0.25, 0.3) is 10.2 Å². The number of amides is 1. The van der Waals surface area contributed by atoms with E-state index in [0.717, 1.165) is 6.92 Å². The maximum Gasteiger partial charge on any atom is 0.268 e. The van der Waals surface area contributed by atoms with Crippen LogP contribution in [0.4, 0.5) is 5.69 Å². The van der Waals surface area contributed by atoms with E-state index in [-0.39, 0.29) is 0 Å². The number of carbonyl (C=O) groups excluding carboxylic acids is 2. The summed E-state index contributed by atoms with van der Waals surface area (Å²) in [6.45, 7) is 1.13. The van der Waals surface area contributed by atoms with Crippen molar-refractivity contribution in [2.75, 3.05) is 5.32 Å². The van der Waals surface area contributed by atoms with Crippen molar-refractivity contribution in [3.63, 3.8) is 0 Å². The Hall–Kier alpha value is -2.05. The van der Waals surface area contributed by atoms with E-state index in [9.17, 15) is 9.59 Å². The van der Waals surface area contributed by atoms with Crippen LogP contribution in [0, 0.1) is 0 Å². The lowest BCUT2D eigenvalue weighted by Gasteiger charge is -2.15. The molecule has 0 unspecified atom stereocenters. The van der Waals surface area contributed by atoms with E-state index in [1.165, 1.54) is 0 Å². The predicted molar refractivity (Wildman–Crippen MR) is 111 cm³/mol. The van der Waals surface area contributed by atoms with Gasteiger partial charge in [-0.2, -0.15) is 0 Å². The number of nitrogens with zero attached hydrogens (tertiary/aromatic N) is 1. The zero-order valence-corrected chi connectivity index (χ0v) is 17.3. The van der Waals surface area contributed by atoms with Crippen LogP contribution in [-0.4, -0.2) is 21.2 Å². The Morgan fingerprint density at radius 2 is 1.68 bits per heavy atom. The van der Waals surface area contributed by atoms with Crippen LogP contribution in [-0.2, 0) is 9.59 Å². The standard InChI is InChI=1S/C19H12Cl4N2O3/c1-10(26)19(22,23)18(27)24-12-5-2-4-11(8-12)16-9-15(25-28-16)17-13(20)6-3-7-14(17)21/h2-9H,1H3,(H,24,27). The van der Waals surface area contributed by atoms with Crippen LogP contribution >= 0.6 is 46.4 Å². The van der Waals surface area contributed by atoms with Gasteiger partial charge >= 0.3 is 0 Å². The second-order valence-electron chi connectivity index (χ2n) is 5.84. The molecule has 0 radical (unpaired) electrons. The number of nitrogens with one attached hydrogen (secondary N) is 1. The number of hydrogen-bond donors (Lipinski definition) is 1. The molecule has 3 rings (SSSR count). The van der Waals surface area contributed by atoms with Gasteiger partial charge in [-0.05, 0) is 31.2 Å². The molecule has 1 N–H and O–H groups in total. The number of halogens is 4. The largest absolute Gasteiger partial charge is 0.356 e. The van der Waals surface area contributed by atoms with Crippen molar-refractivity contribution in [1.29, 1.82) is 0 Å². The topological polar surface area (TPSA) is 72.2 Å². The highest BCUT2D eigenvalue weighted by atomic mass is 35.5. The SMILES string of the molecule is CC(=O)C(Cl)(Cl)C(=O)Nc1cccc(-c2cc(-c3c(Cl)cccc3Cl)no2)c1. The number of carbonyl (C=O) groups is 2. The fraction of sp³-hybridized carbons (Fsp3) is 0.105. The summed E-state index contributed by atoms with van der Waals surface area (Å²) in [5.74, 6) is -1.10. The fourth-order valence-corrected chi connectivity index (χ4v) is 3.08. The van der Waals surface area contributed by atoms with Gasteiger partial charge in [-0.15, -0.1) is 0 Å². The third-order valence-electron chi connectivity index (χ3n) is 3.86. The third kappa shape index (κ3) is 4.18. The molecule has 144 valence electrons. The lowest BCUT2D eigenvalue weighted by atomic mass is 10.1. The normalized spacial score (nSPS) is 11.3. The Morgan fingerprint density at radius 1 is 1.04 bits per heavy atom. The minimum atomic E-state index is -2.17. The van der Waals surface area contributed by atoms with Crippen LogP contribution in [0.1, 0.15) is 6.92 Å². The Kier molecular flexibility index (Phi) is 6.01. The summed E-state index contributed by atoms with van der Waals surface area (Å²) < 4.78 is 3.22. The molecule has 0 fully saturated rings. The van der Waals surface area contributed by atoms with E-state index in [0.29, 0.717) is 38.3 Å². The zero-order chi connectivity index (χ0) is 20.5. The number of Topliss-reactive ketones (excluding diaryl/α,β-unsaturated/α-hetero) is 1. The fourth-order valence-electron chi connectivity index (χ4n) is 2.39. The summed E-state index contributed by atoms with van der Waals surface area (Å²) >= 11 is 24.0. The molecular formula is C19H12Cl4N2O3. The van der Waals surface area contributed by atoms with Gasteiger partial charge in [0.1, 0.15) is 5.69 Å². The molecular weight excluding hydrogens is 446 g/mol. The van der Waals surface area contributed by atoms with E-state index < -0.39 is 16.0 Å². The first kappa shape index (κ1) is 20.7. The maximum atomic E-state index is 12.1. The highest BCUT2D eigenvalue weighted by Crippen LogP contribution is 2.36. The highest BCUT2D eigenvalue weighted by molar-refractivity contribution is 6.68. The van der Waals surface area contributed by atoms with E-state index in [2.05, 4.69) is 10.5 Å². The van der Waals surface area contributed by atoms with Crippen molar-refractivity contribution < 1.29 is 14.1 Å². The zero-order valence-electron chi connectivity index (χ0n) is 14.3. The molecule has 1 heterocycles. The van der Waals surface area contributed by atoms with Crippen LogP contribution in [0.5, 0.6) is 0 Å². The summed E-state index contributed by atoms with van der Waals surface area (Å²) in [6, 6.07) is 13.5. The van der Waals surface area contributed by atoms with Gasteiger partial charge in [0.2, 0.25) is 0 Å². The van der Waals surface area contributed by atoms with Crippen molar-refractivity contribution in [2.45, 2.75) is 11.3 Å². The van der Waals surface area contributed by atoms with Gasteiger partial charge in [-0.3, -0.25) is 9.59 Å². The number of rotatable bonds is 5. The molecule has 3 aromatic rings. The molecule has 28 heavy (non-hydrogen) atoms. The first-order valence-electron chi connectivity index (χ1n) is 7.92. The minimum absolute atomic E-state index is 0.378. The molecule has 1 aromatic heterocycles. The second kappa shape index (κ2) is 8.13. The average molecular weight is 458 g/mol. The van der Waals surface area contributed by atoms with Crippen LogP contribution in [0.15, 0.2) is 53.1 Å². The molecule has 0 aliphatic carbocycles. The summed E-state index contributed by atoms with van der Waals surface area (Å²) in [5, 5.41) is 7.41. The molecule has 0 bridgehead atoms. The predicted octanol–water partition coefficient (Wildman–Crippen LogP) is 6.02. The van der Waals surface area contributed by atoms with Crippen molar-refractivity contribution in [2.24, 2.45) is 0 Å². The number of alkyl halides is 2. The summed E-state index contributed by atoms with van der Waals surface area (Å²) in [4.78, 5) is 23.5. The van der Waals surface area contributed by atoms with Crippen molar-refractivity contribution >= 4 is 63.8 Å². The Labute approximate surface area is 180 Å². The Morgan fingerprint density at radius 3 is 2.32 bits per heavy atom. The number of aromatic nitrogens is 1. The molecule has 1 amide bonds. The quantitative estimate of drug-likeness (QED) is 0.375. The molecule has 0 saturated carbocycles. The van der Waals surface area contributed by atoms with E-state index in [1.54, 1.807) is 48.5 Å². The number of hydrogen-bond acceptors (Lipinski definition) is 4.